The standard InChI is InChI=1S/C13H18/c1-2-7-5-6(1)10-8-3-4-9-12(8)13(9)11(7)10/h6-13H,1-5H2. The van der Waals surface area contributed by atoms with Crippen molar-refractivity contribution in [3.05, 3.63) is 0 Å². The van der Waals surface area contributed by atoms with Crippen LogP contribution in [0.3, 0.4) is 0 Å². The first-order valence-electron chi connectivity index (χ1n) is 6.45. The van der Waals surface area contributed by atoms with Crippen LogP contribution < -0.4 is 0 Å². The summed E-state index contributed by atoms with van der Waals surface area (Å²) in [6.45, 7) is 0. The van der Waals surface area contributed by atoms with E-state index >= 15 is 0 Å². The SMILES string of the molecule is C1CC2CC1C1C3CCC4C3C4C21. The van der Waals surface area contributed by atoms with Crippen LogP contribution in [-0.2, 0) is 0 Å². The molecular formula is C13H18. The van der Waals surface area contributed by atoms with E-state index in [4.69, 9.17) is 0 Å². The fourth-order valence-electron chi connectivity index (χ4n) is 6.57. The molecule has 0 aliphatic heterocycles. The smallest absolute Gasteiger partial charge is 0.0315 e. The molecule has 5 fully saturated rings. The molecule has 0 amide bonds. The van der Waals surface area contributed by atoms with Gasteiger partial charge in [0.2, 0.25) is 0 Å². The lowest BCUT2D eigenvalue weighted by atomic mass is 9.75. The average Bonchev–Trinajstić information content (AvgIpc) is 2.64. The van der Waals surface area contributed by atoms with Gasteiger partial charge in [0.15, 0.2) is 0 Å². The molecule has 8 unspecified atom stereocenters. The van der Waals surface area contributed by atoms with Gasteiger partial charge in [-0.25, -0.2) is 0 Å². The fraction of sp³-hybridized carbons (Fsp3) is 1.00. The summed E-state index contributed by atoms with van der Waals surface area (Å²) in [5, 5.41) is 0. The third-order valence-electron chi connectivity index (χ3n) is 6.61. The van der Waals surface area contributed by atoms with Crippen molar-refractivity contribution in [3.63, 3.8) is 0 Å². The Labute approximate surface area is 80.1 Å². The van der Waals surface area contributed by atoms with E-state index in [0.717, 1.165) is 0 Å². The average molecular weight is 174 g/mol. The lowest BCUT2D eigenvalue weighted by Gasteiger charge is -2.30. The summed E-state index contributed by atoms with van der Waals surface area (Å²) in [6.07, 6.45) is 8.16. The highest BCUT2D eigenvalue weighted by Gasteiger charge is 2.73. The highest BCUT2D eigenvalue weighted by molar-refractivity contribution is 5.21. The molecule has 0 radical (unpaired) electrons. The van der Waals surface area contributed by atoms with Crippen molar-refractivity contribution in [2.75, 3.05) is 0 Å². The lowest BCUT2D eigenvalue weighted by molar-refractivity contribution is 0.182. The van der Waals surface area contributed by atoms with Crippen molar-refractivity contribution in [2.45, 2.75) is 32.1 Å². The Balaban J connectivity index is 1.66. The second-order valence-electron chi connectivity index (χ2n) is 6.55. The van der Waals surface area contributed by atoms with E-state index < -0.39 is 0 Å². The van der Waals surface area contributed by atoms with Crippen LogP contribution in [0, 0.1) is 47.3 Å². The van der Waals surface area contributed by atoms with Crippen molar-refractivity contribution in [1.82, 2.24) is 0 Å². The number of fused-ring (bicyclic) bond motifs is 8. The van der Waals surface area contributed by atoms with Crippen molar-refractivity contribution < 1.29 is 0 Å². The first kappa shape index (κ1) is 6.48. The van der Waals surface area contributed by atoms with Gasteiger partial charge in [-0.2, -0.15) is 0 Å². The zero-order valence-electron chi connectivity index (χ0n) is 8.15. The molecule has 0 spiro atoms. The molecular weight excluding hydrogens is 156 g/mol. The lowest BCUT2D eigenvalue weighted by Crippen LogP contribution is -2.24. The molecule has 8 atom stereocenters. The quantitative estimate of drug-likeness (QED) is 0.529. The summed E-state index contributed by atoms with van der Waals surface area (Å²) in [5.41, 5.74) is 0. The van der Waals surface area contributed by atoms with E-state index in [-0.39, 0.29) is 0 Å². The Morgan fingerprint density at radius 2 is 1.23 bits per heavy atom. The first-order chi connectivity index (χ1) is 6.45. The minimum atomic E-state index is 1.21. The van der Waals surface area contributed by atoms with Crippen LogP contribution in [0.15, 0.2) is 0 Å². The maximum absolute atomic E-state index is 1.65. The highest BCUT2D eigenvalue weighted by atomic mass is 14.8. The van der Waals surface area contributed by atoms with E-state index in [0.29, 0.717) is 0 Å². The molecule has 5 saturated carbocycles. The summed E-state index contributed by atoms with van der Waals surface area (Å²) in [7, 11) is 0. The van der Waals surface area contributed by atoms with Gasteiger partial charge in [0.1, 0.15) is 0 Å². The van der Waals surface area contributed by atoms with E-state index in [1.807, 2.05) is 0 Å². The molecule has 0 aromatic carbocycles. The van der Waals surface area contributed by atoms with Crippen LogP contribution in [0.5, 0.6) is 0 Å². The van der Waals surface area contributed by atoms with Gasteiger partial charge in [-0.05, 0) is 79.4 Å². The van der Waals surface area contributed by atoms with Gasteiger partial charge in [0, 0.05) is 0 Å². The largest absolute Gasteiger partial charge is 0.0499 e. The molecule has 2 bridgehead atoms. The van der Waals surface area contributed by atoms with Crippen LogP contribution in [-0.4, -0.2) is 0 Å². The van der Waals surface area contributed by atoms with Crippen LogP contribution in [0.2, 0.25) is 0 Å². The molecule has 13 heavy (non-hydrogen) atoms. The first-order valence-corrected chi connectivity index (χ1v) is 6.45. The van der Waals surface area contributed by atoms with E-state index in [2.05, 4.69) is 0 Å². The summed E-state index contributed by atoms with van der Waals surface area (Å²) in [4.78, 5) is 0. The summed E-state index contributed by atoms with van der Waals surface area (Å²) in [6, 6.07) is 0. The fourth-order valence-corrected chi connectivity index (χ4v) is 6.57. The van der Waals surface area contributed by atoms with E-state index in [1.165, 1.54) is 47.3 Å². The summed E-state index contributed by atoms with van der Waals surface area (Å²) in [5.74, 6) is 10.0. The second-order valence-corrected chi connectivity index (χ2v) is 6.55. The third kappa shape index (κ3) is 0.521. The Kier molecular flexibility index (Phi) is 0.860. The van der Waals surface area contributed by atoms with Gasteiger partial charge in [-0.3, -0.25) is 0 Å². The summed E-state index contributed by atoms with van der Waals surface area (Å²) >= 11 is 0. The molecule has 5 rings (SSSR count). The molecule has 0 heterocycles. The van der Waals surface area contributed by atoms with Gasteiger partial charge < -0.3 is 0 Å². The van der Waals surface area contributed by atoms with E-state index in [9.17, 15) is 0 Å². The molecule has 0 N–H and O–H groups in total. The van der Waals surface area contributed by atoms with Crippen LogP contribution in [0.25, 0.3) is 0 Å². The molecule has 0 saturated heterocycles. The van der Waals surface area contributed by atoms with Crippen molar-refractivity contribution in [2.24, 2.45) is 47.3 Å². The second kappa shape index (κ2) is 1.73. The van der Waals surface area contributed by atoms with Crippen molar-refractivity contribution in [1.29, 1.82) is 0 Å². The number of hydrogen-bond acceptors (Lipinski definition) is 0. The highest BCUT2D eigenvalue weighted by Crippen LogP contribution is 2.79. The zero-order valence-corrected chi connectivity index (χ0v) is 8.15. The van der Waals surface area contributed by atoms with Crippen LogP contribution >= 0.6 is 0 Å². The molecule has 0 aromatic heterocycles. The zero-order chi connectivity index (χ0) is 8.15. The maximum Gasteiger partial charge on any atom is -0.0315 e. The number of rotatable bonds is 0. The van der Waals surface area contributed by atoms with Crippen LogP contribution in [0.4, 0.5) is 0 Å². The van der Waals surface area contributed by atoms with Gasteiger partial charge in [0.25, 0.3) is 0 Å². The van der Waals surface area contributed by atoms with Crippen molar-refractivity contribution in [3.8, 4) is 0 Å². The predicted octanol–water partition coefficient (Wildman–Crippen LogP) is 2.93. The van der Waals surface area contributed by atoms with E-state index in [1.54, 1.807) is 32.1 Å². The predicted molar refractivity (Wildman–Crippen MR) is 51.0 cm³/mol. The van der Waals surface area contributed by atoms with Crippen molar-refractivity contribution >= 4 is 0 Å². The molecule has 0 heteroatoms. The normalized spacial score (nSPS) is 75.7. The van der Waals surface area contributed by atoms with Gasteiger partial charge >= 0.3 is 0 Å². The molecule has 0 nitrogen and oxygen atoms in total. The minimum absolute atomic E-state index is 1.21. The number of hydrogen-bond donors (Lipinski definition) is 0. The Bertz CT molecular complexity index is 272. The minimum Gasteiger partial charge on any atom is -0.0499 e. The Morgan fingerprint density at radius 3 is 2.08 bits per heavy atom. The Morgan fingerprint density at radius 1 is 0.538 bits per heavy atom. The van der Waals surface area contributed by atoms with Crippen LogP contribution in [0.1, 0.15) is 32.1 Å². The molecule has 70 valence electrons. The monoisotopic (exact) mass is 174 g/mol. The summed E-state index contributed by atoms with van der Waals surface area (Å²) < 4.78 is 0. The maximum atomic E-state index is 1.65. The molecule has 5 aliphatic carbocycles. The molecule has 0 aromatic rings. The van der Waals surface area contributed by atoms with Gasteiger partial charge in [0.05, 0.1) is 0 Å². The van der Waals surface area contributed by atoms with Gasteiger partial charge in [-0.1, -0.05) is 0 Å². The molecule has 5 aliphatic rings. The third-order valence-corrected chi connectivity index (χ3v) is 6.61. The van der Waals surface area contributed by atoms with Gasteiger partial charge in [-0.15, -0.1) is 0 Å². The Hall–Kier alpha value is 0. The topological polar surface area (TPSA) is 0 Å².